The SMILES string of the molecule is CC(C)(C)[N]1[Ge][N](C(C)(C)C)[Si]2(C)N(C(C)(C)C)[Si]1(C)N2C(C)(C)C. The van der Waals surface area contributed by atoms with Gasteiger partial charge in [-0.2, -0.15) is 0 Å². The standard InChI is InChI=1S/C18H42GeN4Si2/c1-15(2,3)20-19-21(16(4,5)6)25(14)22(17(7,8)9)24(20,13)23(25)18(10,11)12/h1-14H3. The molecule has 0 aromatic rings. The van der Waals surface area contributed by atoms with Gasteiger partial charge in [0.25, 0.3) is 0 Å². The van der Waals surface area contributed by atoms with Crippen molar-refractivity contribution in [3.63, 3.8) is 0 Å². The summed E-state index contributed by atoms with van der Waals surface area (Å²) in [7, 11) is -3.72. The van der Waals surface area contributed by atoms with E-state index in [2.05, 4.69) is 112 Å². The average Bonchev–Trinajstić information content (AvgIpc) is 2.18. The molecule has 0 saturated carbocycles. The second-order valence-electron chi connectivity index (χ2n) is 12.1. The molecule has 25 heavy (non-hydrogen) atoms. The van der Waals surface area contributed by atoms with Crippen LogP contribution < -0.4 is 0 Å². The van der Waals surface area contributed by atoms with Gasteiger partial charge in [0, 0.05) is 0 Å². The molecule has 0 amide bonds. The van der Waals surface area contributed by atoms with E-state index in [0.717, 1.165) is 0 Å². The molecule has 3 fully saturated rings. The van der Waals surface area contributed by atoms with E-state index in [-0.39, 0.29) is 38.0 Å². The fourth-order valence-electron chi connectivity index (χ4n) is 5.76. The Labute approximate surface area is 166 Å². The Morgan fingerprint density at radius 2 is 0.720 bits per heavy atom. The molecule has 0 atom stereocenters. The molecule has 3 saturated heterocycles. The van der Waals surface area contributed by atoms with Crippen molar-refractivity contribution in [1.82, 2.24) is 15.5 Å². The Hall–Kier alpha value is 0.817. The van der Waals surface area contributed by atoms with Gasteiger partial charge in [0.1, 0.15) is 0 Å². The molecule has 0 unspecified atom stereocenters. The van der Waals surface area contributed by atoms with Gasteiger partial charge >= 0.3 is 167 Å². The van der Waals surface area contributed by atoms with E-state index in [1.165, 1.54) is 0 Å². The van der Waals surface area contributed by atoms with Gasteiger partial charge in [-0.25, -0.2) is 0 Å². The molecule has 3 aliphatic heterocycles. The molecule has 3 rings (SSSR count). The third-order valence-electron chi connectivity index (χ3n) is 5.42. The summed E-state index contributed by atoms with van der Waals surface area (Å²) in [5, 5.41) is 0. The van der Waals surface area contributed by atoms with Gasteiger partial charge in [-0.1, -0.05) is 0 Å². The van der Waals surface area contributed by atoms with Crippen molar-refractivity contribution in [3.05, 3.63) is 0 Å². The molecule has 0 aliphatic carbocycles. The summed E-state index contributed by atoms with van der Waals surface area (Å²) in [6, 6.07) is 0. The van der Waals surface area contributed by atoms with Crippen LogP contribution in [-0.2, 0) is 0 Å². The van der Waals surface area contributed by atoms with Crippen LogP contribution in [0.4, 0.5) is 0 Å². The molecule has 0 N–H and O–H groups in total. The monoisotopic (exact) mass is 444 g/mol. The van der Waals surface area contributed by atoms with Gasteiger partial charge in [0.2, 0.25) is 0 Å². The van der Waals surface area contributed by atoms with Crippen molar-refractivity contribution in [2.45, 2.75) is 118 Å². The van der Waals surface area contributed by atoms with Crippen molar-refractivity contribution in [2.75, 3.05) is 0 Å². The van der Waals surface area contributed by atoms with Crippen molar-refractivity contribution in [3.8, 4) is 0 Å². The van der Waals surface area contributed by atoms with E-state index in [0.29, 0.717) is 0 Å². The predicted molar refractivity (Wildman–Crippen MR) is 115 cm³/mol. The third kappa shape index (κ3) is 3.08. The number of nitrogens with zero attached hydrogens (tertiary/aromatic N) is 4. The van der Waals surface area contributed by atoms with Crippen LogP contribution in [0.5, 0.6) is 0 Å². The van der Waals surface area contributed by atoms with E-state index in [1.807, 2.05) is 0 Å². The first-order valence-electron chi connectivity index (χ1n) is 9.68. The summed E-state index contributed by atoms with van der Waals surface area (Å²) in [6.07, 6.45) is 0. The van der Waals surface area contributed by atoms with Gasteiger partial charge < -0.3 is 0 Å². The van der Waals surface area contributed by atoms with Gasteiger partial charge in [-0.3, -0.25) is 0 Å². The second kappa shape index (κ2) is 5.67. The van der Waals surface area contributed by atoms with Gasteiger partial charge in [0.05, 0.1) is 0 Å². The van der Waals surface area contributed by atoms with Crippen LogP contribution in [0.25, 0.3) is 0 Å². The maximum atomic E-state index is 3.04. The number of hydrogen-bond donors (Lipinski definition) is 0. The normalized spacial score (nSPS) is 34.3. The molecule has 0 spiro atoms. The zero-order chi connectivity index (χ0) is 20.0. The van der Waals surface area contributed by atoms with Crippen LogP contribution >= 0.6 is 0 Å². The Bertz CT molecular complexity index is 483. The van der Waals surface area contributed by atoms with Crippen LogP contribution in [0.2, 0.25) is 13.1 Å². The number of hydrogen-bond acceptors (Lipinski definition) is 4. The maximum absolute atomic E-state index is 3.04. The van der Waals surface area contributed by atoms with Crippen LogP contribution in [0.1, 0.15) is 83.1 Å². The quantitative estimate of drug-likeness (QED) is 0.523. The number of fused-ring (bicyclic) bond motifs is 2. The van der Waals surface area contributed by atoms with E-state index in [4.69, 9.17) is 0 Å². The molecule has 7 heteroatoms. The summed E-state index contributed by atoms with van der Waals surface area (Å²) >= 11 is -0.299. The Morgan fingerprint density at radius 3 is 0.880 bits per heavy atom. The molecule has 2 radical (unpaired) electrons. The second-order valence-corrected chi connectivity index (χ2v) is 23.7. The zero-order valence-electron chi connectivity index (χ0n) is 19.3. The van der Waals surface area contributed by atoms with E-state index < -0.39 is 17.1 Å². The summed E-state index contributed by atoms with van der Waals surface area (Å²) in [6.45, 7) is 34.5. The molecule has 3 aliphatic rings. The summed E-state index contributed by atoms with van der Waals surface area (Å²) in [5.74, 6) is 0. The van der Waals surface area contributed by atoms with E-state index in [1.54, 1.807) is 0 Å². The Kier molecular flexibility index (Phi) is 5.02. The summed E-state index contributed by atoms with van der Waals surface area (Å²) in [4.78, 5) is 0. The Balaban J connectivity index is 2.78. The average molecular weight is 443 g/mol. The topological polar surface area (TPSA) is 13.0 Å². The van der Waals surface area contributed by atoms with Crippen molar-refractivity contribution >= 4 is 33.0 Å². The fourth-order valence-corrected chi connectivity index (χ4v) is 33.8. The fraction of sp³-hybridized carbons (Fsp3) is 1.00. The molecular formula is C18H42GeN4Si2. The van der Waals surface area contributed by atoms with Crippen molar-refractivity contribution in [1.29, 1.82) is 0 Å². The van der Waals surface area contributed by atoms with E-state index >= 15 is 0 Å². The third-order valence-corrected chi connectivity index (χ3v) is 29.6. The minimum atomic E-state index is -1.86. The first-order chi connectivity index (χ1) is 10.7. The van der Waals surface area contributed by atoms with Crippen LogP contribution in [-0.4, -0.2) is 70.7 Å². The minimum absolute atomic E-state index is 0.212. The van der Waals surface area contributed by atoms with Crippen LogP contribution in [0.3, 0.4) is 0 Å². The molecule has 3 heterocycles. The summed E-state index contributed by atoms with van der Waals surface area (Å²) in [5.41, 5.74) is 0.855. The molecule has 4 nitrogen and oxygen atoms in total. The number of rotatable bonds is 0. The van der Waals surface area contributed by atoms with Crippen LogP contribution in [0.15, 0.2) is 0 Å². The molecular weight excluding hydrogens is 401 g/mol. The molecule has 0 aromatic heterocycles. The van der Waals surface area contributed by atoms with Crippen molar-refractivity contribution in [2.24, 2.45) is 0 Å². The van der Waals surface area contributed by atoms with Crippen LogP contribution in [0, 0.1) is 0 Å². The zero-order valence-corrected chi connectivity index (χ0v) is 23.4. The summed E-state index contributed by atoms with van der Waals surface area (Å²) < 4.78 is 12.1. The van der Waals surface area contributed by atoms with Crippen molar-refractivity contribution < 1.29 is 0 Å². The first-order valence-corrected chi connectivity index (χ1v) is 16.2. The predicted octanol–water partition coefficient (Wildman–Crippen LogP) is 4.09. The molecule has 2 bridgehead atoms. The Morgan fingerprint density at radius 1 is 0.480 bits per heavy atom. The van der Waals surface area contributed by atoms with Gasteiger partial charge in [-0.05, 0) is 0 Å². The van der Waals surface area contributed by atoms with Gasteiger partial charge in [-0.15, -0.1) is 0 Å². The molecule has 0 aromatic carbocycles. The van der Waals surface area contributed by atoms with Gasteiger partial charge in [0.15, 0.2) is 0 Å². The van der Waals surface area contributed by atoms with E-state index in [9.17, 15) is 0 Å². The molecule has 146 valence electrons. The first kappa shape index (κ1) is 22.1.